The van der Waals surface area contributed by atoms with Crippen molar-refractivity contribution in [2.45, 2.75) is 19.3 Å². The fourth-order valence-corrected chi connectivity index (χ4v) is 3.24. The molecule has 0 spiro atoms. The van der Waals surface area contributed by atoms with Gasteiger partial charge < -0.3 is 15.0 Å². The Hall–Kier alpha value is -2.54. The second-order valence-corrected chi connectivity index (χ2v) is 6.67. The molecule has 0 radical (unpaired) electrons. The average Bonchev–Trinajstić information content (AvgIpc) is 2.72. The number of carbonyl (C=O) groups excluding carboxylic acids is 1. The van der Waals surface area contributed by atoms with E-state index in [-0.39, 0.29) is 17.6 Å². The van der Waals surface area contributed by atoms with Crippen molar-refractivity contribution in [3.63, 3.8) is 0 Å². The molecule has 1 amide bonds. The van der Waals surface area contributed by atoms with Gasteiger partial charge in [0.1, 0.15) is 11.6 Å². The Labute approximate surface area is 158 Å². The highest BCUT2D eigenvalue weighted by molar-refractivity contribution is 5.79. The van der Waals surface area contributed by atoms with E-state index >= 15 is 0 Å². The Balaban J connectivity index is 1.64. The maximum Gasteiger partial charge on any atom is 0.224 e. The standard InChI is InChI=1S/C20H25FN4O2/c1-27-13-3-10-23-20(26)16-4-2-12-25(14-16)18-9-11-22-19(24-18)15-5-7-17(21)8-6-15/h5-9,11,16H,2-4,10,12-14H2,1H3,(H,23,26)/t16-/m0/s1. The molecule has 1 saturated heterocycles. The third-order valence-corrected chi connectivity index (χ3v) is 4.68. The van der Waals surface area contributed by atoms with Gasteiger partial charge in [-0.25, -0.2) is 14.4 Å². The molecule has 1 N–H and O–H groups in total. The normalized spacial score (nSPS) is 17.0. The van der Waals surface area contributed by atoms with E-state index in [1.165, 1.54) is 12.1 Å². The van der Waals surface area contributed by atoms with E-state index in [1.54, 1.807) is 25.4 Å². The monoisotopic (exact) mass is 372 g/mol. The van der Waals surface area contributed by atoms with Crippen molar-refractivity contribution < 1.29 is 13.9 Å². The molecule has 1 aliphatic rings. The number of benzene rings is 1. The zero-order valence-corrected chi connectivity index (χ0v) is 15.5. The molecule has 1 fully saturated rings. The number of halogens is 1. The van der Waals surface area contributed by atoms with Crippen LogP contribution in [-0.2, 0) is 9.53 Å². The van der Waals surface area contributed by atoms with E-state index in [0.29, 0.717) is 25.5 Å². The SMILES string of the molecule is COCCCNC(=O)[C@H]1CCCN(c2ccnc(-c3ccc(F)cc3)n2)C1. The van der Waals surface area contributed by atoms with E-state index in [0.717, 1.165) is 37.2 Å². The predicted octanol–water partition coefficient (Wildman–Crippen LogP) is 2.65. The Morgan fingerprint density at radius 1 is 1.33 bits per heavy atom. The van der Waals surface area contributed by atoms with E-state index < -0.39 is 0 Å². The molecule has 1 atom stereocenters. The van der Waals surface area contributed by atoms with Crippen molar-refractivity contribution in [2.24, 2.45) is 5.92 Å². The van der Waals surface area contributed by atoms with Gasteiger partial charge in [-0.3, -0.25) is 4.79 Å². The van der Waals surface area contributed by atoms with Gasteiger partial charge in [-0.05, 0) is 49.6 Å². The summed E-state index contributed by atoms with van der Waals surface area (Å²) in [6.45, 7) is 2.76. The molecule has 0 bridgehead atoms. The smallest absolute Gasteiger partial charge is 0.224 e. The van der Waals surface area contributed by atoms with E-state index in [9.17, 15) is 9.18 Å². The van der Waals surface area contributed by atoms with Gasteiger partial charge in [-0.2, -0.15) is 0 Å². The molecule has 144 valence electrons. The molecular weight excluding hydrogens is 347 g/mol. The maximum atomic E-state index is 13.1. The number of piperidine rings is 1. The molecule has 6 nitrogen and oxygen atoms in total. The number of rotatable bonds is 7. The van der Waals surface area contributed by atoms with Gasteiger partial charge in [-0.1, -0.05) is 0 Å². The maximum absolute atomic E-state index is 13.1. The summed E-state index contributed by atoms with van der Waals surface area (Å²) in [6, 6.07) is 7.99. The summed E-state index contributed by atoms with van der Waals surface area (Å²) in [5.74, 6) is 1.10. The lowest BCUT2D eigenvalue weighted by molar-refractivity contribution is -0.125. The lowest BCUT2D eigenvalue weighted by Gasteiger charge is -2.33. The number of nitrogens with one attached hydrogen (secondary N) is 1. The third-order valence-electron chi connectivity index (χ3n) is 4.68. The largest absolute Gasteiger partial charge is 0.385 e. The number of hydrogen-bond acceptors (Lipinski definition) is 5. The highest BCUT2D eigenvalue weighted by Gasteiger charge is 2.26. The molecule has 2 aromatic rings. The summed E-state index contributed by atoms with van der Waals surface area (Å²) in [4.78, 5) is 23.4. The molecule has 1 aliphatic heterocycles. The Bertz CT molecular complexity index is 754. The number of aromatic nitrogens is 2. The number of ether oxygens (including phenoxy) is 1. The summed E-state index contributed by atoms with van der Waals surface area (Å²) in [7, 11) is 1.66. The number of hydrogen-bond donors (Lipinski definition) is 1. The van der Waals surface area contributed by atoms with E-state index in [1.807, 2.05) is 6.07 Å². The van der Waals surface area contributed by atoms with Gasteiger partial charge in [0.15, 0.2) is 5.82 Å². The van der Waals surface area contributed by atoms with Gasteiger partial charge in [-0.15, -0.1) is 0 Å². The average molecular weight is 372 g/mol. The van der Waals surface area contributed by atoms with Crippen molar-refractivity contribution in [3.8, 4) is 11.4 Å². The molecule has 27 heavy (non-hydrogen) atoms. The second-order valence-electron chi connectivity index (χ2n) is 6.67. The van der Waals surface area contributed by atoms with Crippen molar-refractivity contribution in [2.75, 3.05) is 38.3 Å². The van der Waals surface area contributed by atoms with E-state index in [4.69, 9.17) is 4.74 Å². The number of nitrogens with zero attached hydrogens (tertiary/aromatic N) is 3. The summed E-state index contributed by atoms with van der Waals surface area (Å²) in [5, 5.41) is 2.99. The van der Waals surface area contributed by atoms with Crippen LogP contribution < -0.4 is 10.2 Å². The van der Waals surface area contributed by atoms with Crippen LogP contribution in [0.25, 0.3) is 11.4 Å². The van der Waals surface area contributed by atoms with Crippen LogP contribution in [0.4, 0.5) is 10.2 Å². The quantitative estimate of drug-likeness (QED) is 0.757. The predicted molar refractivity (Wildman–Crippen MR) is 102 cm³/mol. The first kappa shape index (κ1) is 19.2. The molecular formula is C20H25FN4O2. The Morgan fingerprint density at radius 2 is 2.15 bits per heavy atom. The minimum absolute atomic E-state index is 0.0504. The van der Waals surface area contributed by atoms with Crippen LogP contribution in [0.3, 0.4) is 0 Å². The molecule has 0 unspecified atom stereocenters. The van der Waals surface area contributed by atoms with Gasteiger partial charge in [0.25, 0.3) is 0 Å². The molecule has 1 aromatic heterocycles. The van der Waals surface area contributed by atoms with Gasteiger partial charge in [0.2, 0.25) is 5.91 Å². The van der Waals surface area contributed by atoms with E-state index in [2.05, 4.69) is 20.2 Å². The molecule has 1 aromatic carbocycles. The van der Waals surface area contributed by atoms with Crippen LogP contribution in [0.1, 0.15) is 19.3 Å². The van der Waals surface area contributed by atoms with Crippen LogP contribution in [-0.4, -0.2) is 49.2 Å². The lowest BCUT2D eigenvalue weighted by Crippen LogP contribution is -2.43. The minimum Gasteiger partial charge on any atom is -0.385 e. The van der Waals surface area contributed by atoms with Gasteiger partial charge >= 0.3 is 0 Å². The van der Waals surface area contributed by atoms with Crippen LogP contribution in [0.5, 0.6) is 0 Å². The first-order valence-corrected chi connectivity index (χ1v) is 9.28. The zero-order chi connectivity index (χ0) is 19.1. The van der Waals surface area contributed by atoms with Crippen LogP contribution in [0, 0.1) is 11.7 Å². The molecule has 7 heteroatoms. The number of methoxy groups -OCH3 is 1. The minimum atomic E-state index is -0.287. The third kappa shape index (κ3) is 5.23. The second kappa shape index (κ2) is 9.41. The van der Waals surface area contributed by atoms with Crippen LogP contribution >= 0.6 is 0 Å². The number of amides is 1. The number of carbonyl (C=O) groups is 1. The lowest BCUT2D eigenvalue weighted by atomic mass is 9.97. The summed E-state index contributed by atoms with van der Waals surface area (Å²) in [6.07, 6.45) is 4.33. The summed E-state index contributed by atoms with van der Waals surface area (Å²) < 4.78 is 18.1. The Morgan fingerprint density at radius 3 is 2.93 bits per heavy atom. The van der Waals surface area contributed by atoms with Crippen molar-refractivity contribution >= 4 is 11.7 Å². The molecule has 0 aliphatic carbocycles. The van der Waals surface area contributed by atoms with Crippen molar-refractivity contribution in [3.05, 3.63) is 42.3 Å². The van der Waals surface area contributed by atoms with Gasteiger partial charge in [0, 0.05) is 45.1 Å². The highest BCUT2D eigenvalue weighted by Crippen LogP contribution is 2.24. The van der Waals surface area contributed by atoms with Crippen molar-refractivity contribution in [1.29, 1.82) is 0 Å². The van der Waals surface area contributed by atoms with Gasteiger partial charge in [0.05, 0.1) is 5.92 Å². The fourth-order valence-electron chi connectivity index (χ4n) is 3.24. The van der Waals surface area contributed by atoms with Crippen LogP contribution in [0.15, 0.2) is 36.5 Å². The summed E-state index contributed by atoms with van der Waals surface area (Å²) >= 11 is 0. The topological polar surface area (TPSA) is 67.3 Å². The molecule has 2 heterocycles. The Kier molecular flexibility index (Phi) is 6.70. The van der Waals surface area contributed by atoms with Crippen LogP contribution in [0.2, 0.25) is 0 Å². The highest BCUT2D eigenvalue weighted by atomic mass is 19.1. The molecule has 0 saturated carbocycles. The fraction of sp³-hybridized carbons (Fsp3) is 0.450. The zero-order valence-electron chi connectivity index (χ0n) is 15.5. The first-order chi connectivity index (χ1) is 13.2. The molecule has 3 rings (SSSR count). The summed E-state index contributed by atoms with van der Waals surface area (Å²) in [5.41, 5.74) is 0.766. The first-order valence-electron chi connectivity index (χ1n) is 9.28. The van der Waals surface area contributed by atoms with Crippen molar-refractivity contribution in [1.82, 2.24) is 15.3 Å². The number of anilines is 1.